The number of unbranched alkanes of at least 4 members (excludes halogenated alkanes) is 3. The zero-order valence-electron chi connectivity index (χ0n) is 19.5. The molecule has 3 rings (SSSR count). The SMILES string of the molecule is CCCCCCOc1ccc(C=C(C#N)C(=O)Nc2ncc(Cc3ccccc3)s2)cc1OC. The van der Waals surface area contributed by atoms with Gasteiger partial charge in [0, 0.05) is 17.5 Å². The number of carbonyl (C=O) groups excluding carboxylic acids is 1. The summed E-state index contributed by atoms with van der Waals surface area (Å²) in [5.41, 5.74) is 1.82. The van der Waals surface area contributed by atoms with Crippen LogP contribution in [-0.2, 0) is 11.2 Å². The van der Waals surface area contributed by atoms with Gasteiger partial charge in [0.25, 0.3) is 5.91 Å². The van der Waals surface area contributed by atoms with Crippen LogP contribution in [0.25, 0.3) is 6.08 Å². The Balaban J connectivity index is 1.63. The summed E-state index contributed by atoms with van der Waals surface area (Å²) >= 11 is 1.39. The lowest BCUT2D eigenvalue weighted by Crippen LogP contribution is -2.13. The molecule has 0 fully saturated rings. The van der Waals surface area contributed by atoms with Crippen molar-refractivity contribution in [2.75, 3.05) is 19.0 Å². The number of nitriles is 1. The van der Waals surface area contributed by atoms with Crippen LogP contribution >= 0.6 is 11.3 Å². The monoisotopic (exact) mass is 475 g/mol. The summed E-state index contributed by atoms with van der Waals surface area (Å²) in [7, 11) is 1.57. The van der Waals surface area contributed by atoms with Crippen molar-refractivity contribution in [2.45, 2.75) is 39.0 Å². The van der Waals surface area contributed by atoms with Crippen LogP contribution in [-0.4, -0.2) is 24.6 Å². The molecule has 0 saturated carbocycles. The minimum absolute atomic E-state index is 0.0184. The average molecular weight is 476 g/mol. The van der Waals surface area contributed by atoms with Crippen LogP contribution < -0.4 is 14.8 Å². The summed E-state index contributed by atoms with van der Waals surface area (Å²) in [6, 6.07) is 17.4. The number of carbonyl (C=O) groups is 1. The van der Waals surface area contributed by atoms with Crippen molar-refractivity contribution in [3.8, 4) is 17.6 Å². The molecule has 6 nitrogen and oxygen atoms in total. The highest BCUT2D eigenvalue weighted by molar-refractivity contribution is 7.15. The molecule has 34 heavy (non-hydrogen) atoms. The van der Waals surface area contributed by atoms with Crippen molar-refractivity contribution in [3.63, 3.8) is 0 Å². The Bertz CT molecular complexity index is 1150. The van der Waals surface area contributed by atoms with E-state index in [2.05, 4.69) is 17.2 Å². The molecule has 0 saturated heterocycles. The third-order valence-corrected chi connectivity index (χ3v) is 6.03. The third kappa shape index (κ3) is 7.46. The molecule has 0 bridgehead atoms. The standard InChI is InChI=1S/C27H29N3O3S/c1-3-4-5-9-14-33-24-13-12-21(17-25(24)32-2)15-22(18-28)26(31)30-27-29-19-23(34-27)16-20-10-7-6-8-11-20/h6-8,10-13,15,17,19H,3-5,9,14,16H2,1-2H3,(H,29,30,31). The molecule has 2 aromatic carbocycles. The highest BCUT2D eigenvalue weighted by Crippen LogP contribution is 2.29. The van der Waals surface area contributed by atoms with Crippen molar-refractivity contribution >= 4 is 28.5 Å². The van der Waals surface area contributed by atoms with E-state index in [1.807, 2.05) is 36.4 Å². The minimum atomic E-state index is -0.502. The van der Waals surface area contributed by atoms with Crippen molar-refractivity contribution in [1.82, 2.24) is 4.98 Å². The van der Waals surface area contributed by atoms with Crippen LogP contribution in [0.1, 0.15) is 48.6 Å². The number of aromatic nitrogens is 1. The second kappa shape index (κ2) is 13.2. The zero-order chi connectivity index (χ0) is 24.2. The summed E-state index contributed by atoms with van der Waals surface area (Å²) in [5, 5.41) is 12.7. The topological polar surface area (TPSA) is 84.2 Å². The summed E-state index contributed by atoms with van der Waals surface area (Å²) < 4.78 is 11.3. The lowest BCUT2D eigenvalue weighted by Gasteiger charge is -2.11. The Labute approximate surface area is 204 Å². The molecule has 1 aromatic heterocycles. The maximum atomic E-state index is 12.7. The number of benzene rings is 2. The molecule has 176 valence electrons. The predicted molar refractivity (Wildman–Crippen MR) is 136 cm³/mol. The number of nitrogens with zero attached hydrogens (tertiary/aromatic N) is 2. The Hall–Kier alpha value is -3.63. The van der Waals surface area contributed by atoms with Crippen LogP contribution in [0.2, 0.25) is 0 Å². The van der Waals surface area contributed by atoms with Crippen LogP contribution in [0.15, 0.2) is 60.3 Å². The van der Waals surface area contributed by atoms with Gasteiger partial charge < -0.3 is 9.47 Å². The average Bonchev–Trinajstić information content (AvgIpc) is 3.29. The summed E-state index contributed by atoms with van der Waals surface area (Å²) in [4.78, 5) is 18.0. The van der Waals surface area contributed by atoms with Gasteiger partial charge in [0.05, 0.1) is 13.7 Å². The molecule has 0 spiro atoms. The number of hydrogen-bond acceptors (Lipinski definition) is 6. The van der Waals surface area contributed by atoms with Crippen molar-refractivity contribution in [1.29, 1.82) is 5.26 Å². The van der Waals surface area contributed by atoms with Gasteiger partial charge in [-0.25, -0.2) is 4.98 Å². The highest BCUT2D eigenvalue weighted by Gasteiger charge is 2.13. The van der Waals surface area contributed by atoms with Gasteiger partial charge in [-0.1, -0.05) is 62.6 Å². The van der Waals surface area contributed by atoms with E-state index >= 15 is 0 Å². The third-order valence-electron chi connectivity index (χ3n) is 5.11. The second-order valence-corrected chi connectivity index (χ2v) is 8.85. The van der Waals surface area contributed by atoms with E-state index in [0.29, 0.717) is 28.8 Å². The first-order chi connectivity index (χ1) is 16.6. The first-order valence-corrected chi connectivity index (χ1v) is 12.2. The fraction of sp³-hybridized carbons (Fsp3) is 0.296. The molecule has 1 N–H and O–H groups in total. The summed E-state index contributed by atoms with van der Waals surface area (Å²) in [5.74, 6) is 0.707. The first kappa shape index (κ1) is 25.0. The number of anilines is 1. The fourth-order valence-electron chi connectivity index (χ4n) is 3.33. The summed E-state index contributed by atoms with van der Waals surface area (Å²) in [6.45, 7) is 2.80. The number of amides is 1. The summed E-state index contributed by atoms with van der Waals surface area (Å²) in [6.07, 6.45) is 8.50. The molecule has 0 aliphatic heterocycles. The van der Waals surface area contributed by atoms with Gasteiger partial charge in [-0.3, -0.25) is 10.1 Å². The number of rotatable bonds is 12. The van der Waals surface area contributed by atoms with E-state index in [1.165, 1.54) is 35.8 Å². The Kier molecular flexibility index (Phi) is 9.68. The molecule has 7 heteroatoms. The highest BCUT2D eigenvalue weighted by atomic mass is 32.1. The van der Waals surface area contributed by atoms with E-state index < -0.39 is 5.91 Å². The molecule has 0 unspecified atom stereocenters. The lowest BCUT2D eigenvalue weighted by atomic mass is 10.1. The van der Waals surface area contributed by atoms with E-state index in [0.717, 1.165) is 24.1 Å². The van der Waals surface area contributed by atoms with E-state index in [9.17, 15) is 10.1 Å². The zero-order valence-corrected chi connectivity index (χ0v) is 20.4. The number of hydrogen-bond donors (Lipinski definition) is 1. The van der Waals surface area contributed by atoms with Crippen LogP contribution in [0.3, 0.4) is 0 Å². The van der Waals surface area contributed by atoms with Gasteiger partial charge >= 0.3 is 0 Å². The molecule has 1 amide bonds. The maximum Gasteiger partial charge on any atom is 0.268 e. The van der Waals surface area contributed by atoms with Crippen molar-refractivity contribution in [3.05, 3.63) is 76.3 Å². The molecule has 1 heterocycles. The van der Waals surface area contributed by atoms with Crippen LogP contribution in [0, 0.1) is 11.3 Å². The smallest absolute Gasteiger partial charge is 0.268 e. The quantitative estimate of drug-likeness (QED) is 0.190. The van der Waals surface area contributed by atoms with Crippen molar-refractivity contribution in [2.24, 2.45) is 0 Å². The van der Waals surface area contributed by atoms with Crippen LogP contribution in [0.5, 0.6) is 11.5 Å². The fourth-order valence-corrected chi connectivity index (χ4v) is 4.17. The van der Waals surface area contributed by atoms with E-state index in [1.54, 1.807) is 31.5 Å². The molecule has 0 radical (unpaired) electrons. The molecular formula is C27H29N3O3S. The number of ether oxygens (including phenoxy) is 2. The Morgan fingerprint density at radius 3 is 2.71 bits per heavy atom. The first-order valence-electron chi connectivity index (χ1n) is 11.4. The molecular weight excluding hydrogens is 446 g/mol. The second-order valence-electron chi connectivity index (χ2n) is 7.74. The number of thiazole rings is 1. The minimum Gasteiger partial charge on any atom is -0.493 e. The normalized spacial score (nSPS) is 11.0. The lowest BCUT2D eigenvalue weighted by molar-refractivity contribution is -0.112. The van der Waals surface area contributed by atoms with Crippen molar-refractivity contribution < 1.29 is 14.3 Å². The predicted octanol–water partition coefficient (Wildman–Crippen LogP) is 6.25. The van der Waals surface area contributed by atoms with Gasteiger partial charge in [-0.05, 0) is 35.8 Å². The molecule has 0 aliphatic carbocycles. The Morgan fingerprint density at radius 2 is 1.97 bits per heavy atom. The molecule has 3 aromatic rings. The van der Waals surface area contributed by atoms with Gasteiger partial charge in [0.1, 0.15) is 11.6 Å². The molecule has 0 aliphatic rings. The van der Waals surface area contributed by atoms with Crippen LogP contribution in [0.4, 0.5) is 5.13 Å². The molecule has 0 atom stereocenters. The van der Waals surface area contributed by atoms with Gasteiger partial charge in [-0.15, -0.1) is 11.3 Å². The van der Waals surface area contributed by atoms with Gasteiger partial charge in [0.15, 0.2) is 16.6 Å². The van der Waals surface area contributed by atoms with E-state index in [-0.39, 0.29) is 5.57 Å². The Morgan fingerprint density at radius 1 is 1.15 bits per heavy atom. The largest absolute Gasteiger partial charge is 0.493 e. The van der Waals surface area contributed by atoms with Gasteiger partial charge in [0.2, 0.25) is 0 Å². The maximum absolute atomic E-state index is 12.7. The van der Waals surface area contributed by atoms with E-state index in [4.69, 9.17) is 9.47 Å². The van der Waals surface area contributed by atoms with Gasteiger partial charge in [-0.2, -0.15) is 5.26 Å². The number of methoxy groups -OCH3 is 1. The number of nitrogens with one attached hydrogen (secondary N) is 1.